The molecular formula is C24H23F4N3O4. The molecule has 2 aromatic rings. The summed E-state index contributed by atoms with van der Waals surface area (Å²) >= 11 is 0. The first kappa shape index (κ1) is 25.9. The Bertz CT molecular complexity index is 1210. The van der Waals surface area contributed by atoms with Gasteiger partial charge in [-0.05, 0) is 56.2 Å². The second-order valence-electron chi connectivity index (χ2n) is 8.18. The highest BCUT2D eigenvalue weighted by molar-refractivity contribution is 6.02. The maximum atomic E-state index is 14.7. The molecule has 186 valence electrons. The molecule has 35 heavy (non-hydrogen) atoms. The number of amides is 2. The lowest BCUT2D eigenvalue weighted by Crippen LogP contribution is -2.25. The minimum atomic E-state index is -4.83. The van der Waals surface area contributed by atoms with Crippen molar-refractivity contribution < 1.29 is 37.0 Å². The molecule has 0 spiro atoms. The average molecular weight is 493 g/mol. The number of hydrogen-bond donors (Lipinski definition) is 3. The van der Waals surface area contributed by atoms with Gasteiger partial charge in [-0.1, -0.05) is 12.1 Å². The number of urea groups is 1. The van der Waals surface area contributed by atoms with Gasteiger partial charge in [0.1, 0.15) is 11.4 Å². The van der Waals surface area contributed by atoms with Crippen LogP contribution in [0.1, 0.15) is 44.0 Å². The molecule has 2 amide bonds. The Morgan fingerprint density at radius 3 is 2.51 bits per heavy atom. The topological polar surface area (TPSA) is 101 Å². The fourth-order valence-corrected chi connectivity index (χ4v) is 3.38. The molecular weight excluding hydrogens is 470 g/mol. The van der Waals surface area contributed by atoms with E-state index in [1.54, 1.807) is 13.0 Å². The second kappa shape index (κ2) is 9.87. The lowest BCUT2D eigenvalue weighted by Gasteiger charge is -2.22. The van der Waals surface area contributed by atoms with Gasteiger partial charge >= 0.3 is 12.2 Å². The quantitative estimate of drug-likeness (QED) is 0.469. The number of benzene rings is 1. The number of carbonyl (C=O) groups is 2. The molecule has 3 N–H and O–H groups in total. The Balaban J connectivity index is 1.76. The van der Waals surface area contributed by atoms with E-state index in [0.29, 0.717) is 23.8 Å². The number of aliphatic hydroxyl groups is 1. The predicted octanol–water partition coefficient (Wildman–Crippen LogP) is 5.39. The standard InChI is InChI=1S/C24H23F4N3O4/c1-4-35-20-10-14(6-8-19(20)32)13-5-7-18(17(25)9-13)31-22(33)30-15-11-16(24(26,27)28)21(29-12-15)23(2,3)34/h5-7,9-12,34H,4,8H2,1-3H3,(H2,30,31,33). The number of carbonyl (C=O) groups excluding carboxylic acids is 2. The molecule has 0 atom stereocenters. The van der Waals surface area contributed by atoms with E-state index in [4.69, 9.17) is 4.74 Å². The highest BCUT2D eigenvalue weighted by Gasteiger charge is 2.38. The summed E-state index contributed by atoms with van der Waals surface area (Å²) in [6.07, 6.45) is -0.631. The van der Waals surface area contributed by atoms with E-state index in [-0.39, 0.29) is 29.3 Å². The summed E-state index contributed by atoms with van der Waals surface area (Å²) in [5.74, 6) is -0.812. The van der Waals surface area contributed by atoms with E-state index in [1.807, 2.05) is 0 Å². The zero-order valence-electron chi connectivity index (χ0n) is 19.1. The van der Waals surface area contributed by atoms with Gasteiger partial charge in [0.25, 0.3) is 0 Å². The van der Waals surface area contributed by atoms with Crippen LogP contribution in [-0.4, -0.2) is 28.5 Å². The van der Waals surface area contributed by atoms with Crippen LogP contribution in [0.25, 0.3) is 5.57 Å². The molecule has 7 nitrogen and oxygen atoms in total. The van der Waals surface area contributed by atoms with Crippen molar-refractivity contribution in [1.29, 1.82) is 0 Å². The minimum Gasteiger partial charge on any atom is -0.490 e. The minimum absolute atomic E-state index is 0.103. The van der Waals surface area contributed by atoms with Gasteiger partial charge in [0, 0.05) is 6.42 Å². The van der Waals surface area contributed by atoms with Crippen molar-refractivity contribution >= 4 is 28.8 Å². The molecule has 0 saturated heterocycles. The molecule has 1 heterocycles. The third-order valence-corrected chi connectivity index (χ3v) is 4.95. The Morgan fingerprint density at radius 1 is 1.20 bits per heavy atom. The van der Waals surface area contributed by atoms with Gasteiger partial charge in [-0.2, -0.15) is 13.2 Å². The molecule has 1 aliphatic rings. The van der Waals surface area contributed by atoms with Crippen molar-refractivity contribution in [2.24, 2.45) is 0 Å². The highest BCUT2D eigenvalue weighted by Crippen LogP contribution is 2.37. The fourth-order valence-electron chi connectivity index (χ4n) is 3.38. The number of nitrogens with one attached hydrogen (secondary N) is 2. The van der Waals surface area contributed by atoms with Gasteiger partial charge in [0.2, 0.25) is 5.78 Å². The molecule has 1 aromatic heterocycles. The van der Waals surface area contributed by atoms with Gasteiger partial charge in [0.15, 0.2) is 5.76 Å². The monoisotopic (exact) mass is 493 g/mol. The molecule has 0 unspecified atom stereocenters. The first-order valence-corrected chi connectivity index (χ1v) is 10.6. The Labute approximate surface area is 198 Å². The van der Waals surface area contributed by atoms with E-state index in [9.17, 15) is 32.3 Å². The maximum absolute atomic E-state index is 14.7. The molecule has 0 saturated carbocycles. The van der Waals surface area contributed by atoms with Crippen molar-refractivity contribution in [1.82, 2.24) is 4.98 Å². The largest absolute Gasteiger partial charge is 0.490 e. The van der Waals surface area contributed by atoms with Crippen molar-refractivity contribution in [3.05, 3.63) is 71.0 Å². The number of anilines is 2. The SMILES string of the molecule is CCOC1=CC(c2ccc(NC(=O)Nc3cnc(C(C)(C)O)c(C(F)(F)F)c3)c(F)c2)=CCC1=O. The number of pyridine rings is 1. The number of ketones is 1. The Kier molecular flexibility index (Phi) is 7.30. The molecule has 3 rings (SSSR count). The highest BCUT2D eigenvalue weighted by atomic mass is 19.4. The first-order chi connectivity index (χ1) is 16.3. The molecule has 1 aromatic carbocycles. The summed E-state index contributed by atoms with van der Waals surface area (Å²) in [4.78, 5) is 27.8. The summed E-state index contributed by atoms with van der Waals surface area (Å²) < 4.78 is 60.2. The number of allylic oxidation sites excluding steroid dienone is 4. The number of nitrogens with zero attached hydrogens (tertiary/aromatic N) is 1. The summed E-state index contributed by atoms with van der Waals surface area (Å²) in [7, 11) is 0. The van der Waals surface area contributed by atoms with Crippen LogP contribution >= 0.6 is 0 Å². The first-order valence-electron chi connectivity index (χ1n) is 10.6. The number of rotatable bonds is 6. The van der Waals surface area contributed by atoms with Crippen LogP contribution in [0.3, 0.4) is 0 Å². The molecule has 0 bridgehead atoms. The van der Waals surface area contributed by atoms with Crippen molar-refractivity contribution in [2.45, 2.75) is 39.0 Å². The van der Waals surface area contributed by atoms with Crippen LogP contribution in [0.2, 0.25) is 0 Å². The molecule has 1 aliphatic carbocycles. The second-order valence-corrected chi connectivity index (χ2v) is 8.18. The summed E-state index contributed by atoms with van der Waals surface area (Å²) in [5.41, 5.74) is -3.18. The number of hydrogen-bond acceptors (Lipinski definition) is 5. The summed E-state index contributed by atoms with van der Waals surface area (Å²) in [5, 5.41) is 14.4. The zero-order chi connectivity index (χ0) is 26.0. The summed E-state index contributed by atoms with van der Waals surface area (Å²) in [6.45, 7) is 4.35. The number of aromatic nitrogens is 1. The van der Waals surface area contributed by atoms with Gasteiger partial charge < -0.3 is 20.5 Å². The van der Waals surface area contributed by atoms with Gasteiger partial charge in [0.05, 0.1) is 35.4 Å². The number of Topliss-reactive ketones (excluding diaryl/α,β-unsaturated/α-hetero) is 1. The average Bonchev–Trinajstić information content (AvgIpc) is 2.75. The van der Waals surface area contributed by atoms with Gasteiger partial charge in [-0.15, -0.1) is 0 Å². The smallest absolute Gasteiger partial charge is 0.418 e. The van der Waals surface area contributed by atoms with Crippen molar-refractivity contribution in [2.75, 3.05) is 17.2 Å². The van der Waals surface area contributed by atoms with E-state index in [0.717, 1.165) is 26.1 Å². The third kappa shape index (κ3) is 6.24. The molecule has 0 fully saturated rings. The number of alkyl halides is 3. The van der Waals surface area contributed by atoms with Gasteiger partial charge in [-0.3, -0.25) is 9.78 Å². The predicted molar refractivity (Wildman–Crippen MR) is 121 cm³/mol. The van der Waals surface area contributed by atoms with E-state index in [2.05, 4.69) is 15.6 Å². The van der Waals surface area contributed by atoms with E-state index < -0.39 is 34.9 Å². The van der Waals surface area contributed by atoms with Crippen molar-refractivity contribution in [3.63, 3.8) is 0 Å². The lowest BCUT2D eigenvalue weighted by molar-refractivity contribution is -0.140. The number of ether oxygens (including phenoxy) is 1. The van der Waals surface area contributed by atoms with Crippen LogP contribution in [-0.2, 0) is 21.3 Å². The van der Waals surface area contributed by atoms with Gasteiger partial charge in [-0.25, -0.2) is 9.18 Å². The molecule has 11 heteroatoms. The summed E-state index contributed by atoms with van der Waals surface area (Å²) in [6, 6.07) is 3.59. The zero-order valence-corrected chi connectivity index (χ0v) is 19.1. The number of halogens is 4. The van der Waals surface area contributed by atoms with Crippen LogP contribution in [0.15, 0.2) is 48.4 Å². The Morgan fingerprint density at radius 2 is 1.91 bits per heavy atom. The molecule has 0 aliphatic heterocycles. The van der Waals surface area contributed by atoms with Crippen LogP contribution < -0.4 is 10.6 Å². The van der Waals surface area contributed by atoms with Crippen molar-refractivity contribution in [3.8, 4) is 0 Å². The van der Waals surface area contributed by atoms with E-state index in [1.165, 1.54) is 18.2 Å². The third-order valence-electron chi connectivity index (χ3n) is 4.95. The molecule has 0 radical (unpaired) electrons. The lowest BCUT2D eigenvalue weighted by atomic mass is 9.97. The Hall–Kier alpha value is -3.73. The van der Waals surface area contributed by atoms with Crippen LogP contribution in [0.5, 0.6) is 0 Å². The fraction of sp³-hybridized carbons (Fsp3) is 0.292. The van der Waals surface area contributed by atoms with Crippen LogP contribution in [0, 0.1) is 5.82 Å². The van der Waals surface area contributed by atoms with Crippen LogP contribution in [0.4, 0.5) is 33.7 Å². The van der Waals surface area contributed by atoms with E-state index >= 15 is 0 Å². The maximum Gasteiger partial charge on any atom is 0.418 e. The normalized spacial score (nSPS) is 14.2.